The van der Waals surface area contributed by atoms with Gasteiger partial charge in [-0.3, -0.25) is 9.59 Å². The van der Waals surface area contributed by atoms with Crippen LogP contribution in [-0.4, -0.2) is 73.1 Å². The second-order valence-corrected chi connectivity index (χ2v) is 6.97. The average molecular weight is 347 g/mol. The normalized spacial score (nSPS) is 16.6. The number of hydrogen-bond donors (Lipinski definition) is 1. The van der Waals surface area contributed by atoms with Gasteiger partial charge in [-0.15, -0.1) is 0 Å². The molecule has 0 unspecified atom stereocenters. The number of rotatable bonds is 8. The minimum Gasteiger partial charge on any atom is -0.480 e. The number of carbonyl (C=O) groups excluding carboxylic acids is 1. The van der Waals surface area contributed by atoms with E-state index in [1.807, 2.05) is 31.1 Å². The van der Waals surface area contributed by atoms with Crippen LogP contribution in [-0.2, 0) is 16.0 Å². The lowest BCUT2D eigenvalue weighted by molar-refractivity contribution is -0.144. The van der Waals surface area contributed by atoms with E-state index in [2.05, 4.69) is 24.0 Å². The lowest BCUT2D eigenvalue weighted by Gasteiger charge is -2.37. The molecule has 138 valence electrons. The molecule has 0 aromatic heterocycles. The summed E-state index contributed by atoms with van der Waals surface area (Å²) in [6.07, 6.45) is 2.47. The molecule has 2 rings (SSSR count). The number of nitrogens with zero attached hydrogens (tertiary/aromatic N) is 3. The molecule has 6 heteroatoms. The van der Waals surface area contributed by atoms with Gasteiger partial charge in [0, 0.05) is 37.8 Å². The first kappa shape index (κ1) is 19.2. The Morgan fingerprint density at radius 2 is 1.96 bits per heavy atom. The van der Waals surface area contributed by atoms with E-state index in [4.69, 9.17) is 5.11 Å². The fraction of sp³-hybridized carbons (Fsp3) is 0.579. The lowest BCUT2D eigenvalue weighted by atomic mass is 9.96. The van der Waals surface area contributed by atoms with E-state index >= 15 is 0 Å². The zero-order chi connectivity index (χ0) is 18.4. The SMILES string of the molecule is C[C@H]1CCc2ccccc2N1CCC(=O)N(CCN(C)C)CC(=O)O. The summed E-state index contributed by atoms with van der Waals surface area (Å²) in [7, 11) is 3.82. The molecule has 0 saturated carbocycles. The first-order valence-electron chi connectivity index (χ1n) is 8.87. The van der Waals surface area contributed by atoms with Crippen LogP contribution in [0.2, 0.25) is 0 Å². The van der Waals surface area contributed by atoms with Crippen molar-refractivity contribution in [1.29, 1.82) is 0 Å². The smallest absolute Gasteiger partial charge is 0.323 e. The highest BCUT2D eigenvalue weighted by Crippen LogP contribution is 2.30. The van der Waals surface area contributed by atoms with E-state index in [0.717, 1.165) is 12.8 Å². The van der Waals surface area contributed by atoms with Gasteiger partial charge in [-0.05, 0) is 45.5 Å². The van der Waals surface area contributed by atoms with Gasteiger partial charge in [0.25, 0.3) is 0 Å². The van der Waals surface area contributed by atoms with Crippen LogP contribution < -0.4 is 4.90 Å². The number of anilines is 1. The van der Waals surface area contributed by atoms with Gasteiger partial charge in [0.2, 0.25) is 5.91 Å². The second kappa shape index (κ2) is 8.85. The van der Waals surface area contributed by atoms with E-state index in [0.29, 0.717) is 32.1 Å². The fourth-order valence-corrected chi connectivity index (χ4v) is 3.25. The largest absolute Gasteiger partial charge is 0.480 e. The minimum atomic E-state index is -0.969. The Morgan fingerprint density at radius 3 is 2.64 bits per heavy atom. The third kappa shape index (κ3) is 5.46. The van der Waals surface area contributed by atoms with Gasteiger partial charge in [0.15, 0.2) is 0 Å². The number of aliphatic carboxylic acids is 1. The number of hydrogen-bond acceptors (Lipinski definition) is 4. The molecule has 0 bridgehead atoms. The van der Waals surface area contributed by atoms with Crippen molar-refractivity contribution < 1.29 is 14.7 Å². The molecule has 1 aromatic rings. The standard InChI is InChI=1S/C19H29N3O3/c1-15-8-9-16-6-4-5-7-17(16)22(15)11-10-18(23)21(14-19(24)25)13-12-20(2)3/h4-7,15H,8-14H2,1-3H3,(H,24,25)/t15-/m0/s1. The first-order valence-corrected chi connectivity index (χ1v) is 8.87. The molecule has 25 heavy (non-hydrogen) atoms. The number of carbonyl (C=O) groups is 2. The lowest BCUT2D eigenvalue weighted by Crippen LogP contribution is -2.43. The van der Waals surface area contributed by atoms with Crippen molar-refractivity contribution >= 4 is 17.6 Å². The number of likely N-dealkylation sites (N-methyl/N-ethyl adjacent to an activating group) is 1. The van der Waals surface area contributed by atoms with Crippen molar-refractivity contribution in [2.75, 3.05) is 45.2 Å². The van der Waals surface area contributed by atoms with Crippen LogP contribution in [0, 0.1) is 0 Å². The topological polar surface area (TPSA) is 64.1 Å². The van der Waals surface area contributed by atoms with E-state index < -0.39 is 5.97 Å². The van der Waals surface area contributed by atoms with Gasteiger partial charge in [-0.2, -0.15) is 0 Å². The van der Waals surface area contributed by atoms with Crippen molar-refractivity contribution in [1.82, 2.24) is 9.80 Å². The average Bonchev–Trinajstić information content (AvgIpc) is 2.57. The molecule has 1 atom stereocenters. The Labute approximate surface area is 150 Å². The maximum Gasteiger partial charge on any atom is 0.323 e. The molecular formula is C19H29N3O3. The van der Waals surface area contributed by atoms with Crippen LogP contribution in [0.15, 0.2) is 24.3 Å². The Hall–Kier alpha value is -2.08. The predicted molar refractivity (Wildman–Crippen MR) is 99.0 cm³/mol. The van der Waals surface area contributed by atoms with Crippen molar-refractivity contribution in [3.63, 3.8) is 0 Å². The maximum absolute atomic E-state index is 12.6. The zero-order valence-corrected chi connectivity index (χ0v) is 15.4. The van der Waals surface area contributed by atoms with Gasteiger partial charge in [0.1, 0.15) is 6.54 Å². The number of benzene rings is 1. The summed E-state index contributed by atoms with van der Waals surface area (Å²) in [6.45, 7) is 3.65. The molecule has 1 N–H and O–H groups in total. The molecule has 1 aliphatic heterocycles. The molecule has 1 amide bonds. The van der Waals surface area contributed by atoms with E-state index in [1.54, 1.807) is 0 Å². The summed E-state index contributed by atoms with van der Waals surface area (Å²) in [5.74, 6) is -1.07. The highest BCUT2D eigenvalue weighted by molar-refractivity contribution is 5.81. The maximum atomic E-state index is 12.6. The summed E-state index contributed by atoms with van der Waals surface area (Å²) in [4.78, 5) is 29.3. The number of amides is 1. The molecule has 0 saturated heterocycles. The van der Waals surface area contributed by atoms with E-state index in [1.165, 1.54) is 16.2 Å². The summed E-state index contributed by atoms with van der Waals surface area (Å²) in [6, 6.07) is 8.71. The van der Waals surface area contributed by atoms with Crippen LogP contribution in [0.3, 0.4) is 0 Å². The third-order valence-corrected chi connectivity index (χ3v) is 4.73. The number of para-hydroxylation sites is 1. The minimum absolute atomic E-state index is 0.0977. The Kier molecular flexibility index (Phi) is 6.82. The highest BCUT2D eigenvalue weighted by atomic mass is 16.4. The molecule has 0 fully saturated rings. The molecule has 0 aliphatic carbocycles. The van der Waals surface area contributed by atoms with Gasteiger partial charge in [0.05, 0.1) is 0 Å². The molecule has 1 aliphatic rings. The predicted octanol–water partition coefficient (Wildman–Crippen LogP) is 1.69. The first-order chi connectivity index (χ1) is 11.9. The molecule has 0 spiro atoms. The van der Waals surface area contributed by atoms with E-state index in [-0.39, 0.29) is 12.5 Å². The third-order valence-electron chi connectivity index (χ3n) is 4.73. The van der Waals surface area contributed by atoms with E-state index in [9.17, 15) is 9.59 Å². The van der Waals surface area contributed by atoms with Crippen molar-refractivity contribution in [2.45, 2.75) is 32.2 Å². The summed E-state index contributed by atoms with van der Waals surface area (Å²) in [5, 5.41) is 9.07. The molecule has 6 nitrogen and oxygen atoms in total. The van der Waals surface area contributed by atoms with Gasteiger partial charge in [-0.1, -0.05) is 18.2 Å². The zero-order valence-electron chi connectivity index (χ0n) is 15.4. The van der Waals surface area contributed by atoms with Crippen LogP contribution in [0.25, 0.3) is 0 Å². The summed E-state index contributed by atoms with van der Waals surface area (Å²) < 4.78 is 0. The van der Waals surface area contributed by atoms with Crippen molar-refractivity contribution in [3.8, 4) is 0 Å². The number of fused-ring (bicyclic) bond motifs is 1. The van der Waals surface area contributed by atoms with Crippen LogP contribution in [0.5, 0.6) is 0 Å². The van der Waals surface area contributed by atoms with Crippen LogP contribution >= 0.6 is 0 Å². The van der Waals surface area contributed by atoms with Crippen LogP contribution in [0.4, 0.5) is 5.69 Å². The molecule has 1 aromatic carbocycles. The fourth-order valence-electron chi connectivity index (χ4n) is 3.25. The van der Waals surface area contributed by atoms with Crippen molar-refractivity contribution in [2.24, 2.45) is 0 Å². The number of carboxylic acids is 1. The molecular weight excluding hydrogens is 318 g/mol. The quantitative estimate of drug-likeness (QED) is 0.775. The molecule has 0 radical (unpaired) electrons. The second-order valence-electron chi connectivity index (χ2n) is 6.97. The number of aryl methyl sites for hydroxylation is 1. The van der Waals surface area contributed by atoms with Gasteiger partial charge >= 0.3 is 5.97 Å². The molecule has 1 heterocycles. The Morgan fingerprint density at radius 1 is 1.24 bits per heavy atom. The Bertz CT molecular complexity index is 603. The van der Waals surface area contributed by atoms with Gasteiger partial charge < -0.3 is 19.8 Å². The number of carboxylic acid groups (broad SMARTS) is 1. The van der Waals surface area contributed by atoms with Crippen molar-refractivity contribution in [3.05, 3.63) is 29.8 Å². The van der Waals surface area contributed by atoms with Crippen LogP contribution in [0.1, 0.15) is 25.3 Å². The highest BCUT2D eigenvalue weighted by Gasteiger charge is 2.24. The summed E-state index contributed by atoms with van der Waals surface area (Å²) in [5.41, 5.74) is 2.52. The Balaban J connectivity index is 2.00. The summed E-state index contributed by atoms with van der Waals surface area (Å²) >= 11 is 0. The van der Waals surface area contributed by atoms with Gasteiger partial charge in [-0.25, -0.2) is 0 Å². The monoisotopic (exact) mass is 347 g/mol.